The van der Waals surface area contributed by atoms with Gasteiger partial charge < -0.3 is 9.47 Å². The van der Waals surface area contributed by atoms with Crippen LogP contribution in [-0.2, 0) is 23.9 Å². The minimum absolute atomic E-state index is 0.387. The molecule has 0 aliphatic carbocycles. The molecule has 0 bridgehead atoms. The summed E-state index contributed by atoms with van der Waals surface area (Å²) in [5.41, 5.74) is 0. The molecular weight excluding hydrogens is 164 g/mol. The third kappa shape index (κ3) is 1.34. The van der Waals surface area contributed by atoms with Gasteiger partial charge in [0.15, 0.2) is 5.78 Å². The smallest absolute Gasteiger partial charge is 0.335 e. The Morgan fingerprint density at radius 2 is 1.75 bits per heavy atom. The van der Waals surface area contributed by atoms with Crippen LogP contribution in [0.15, 0.2) is 12.5 Å². The van der Waals surface area contributed by atoms with Gasteiger partial charge in [-0.2, -0.15) is 0 Å². The van der Waals surface area contributed by atoms with Gasteiger partial charge in [-0.3, -0.25) is 14.4 Å². The summed E-state index contributed by atoms with van der Waals surface area (Å²) in [6, 6.07) is 0. The number of esters is 2. The van der Waals surface area contributed by atoms with Gasteiger partial charge in [0.25, 0.3) is 5.95 Å². The van der Waals surface area contributed by atoms with Gasteiger partial charge in [-0.05, 0) is 13.5 Å². The molecule has 1 aliphatic rings. The van der Waals surface area contributed by atoms with Crippen LogP contribution in [0.4, 0.5) is 0 Å². The first-order valence-electron chi connectivity index (χ1n) is 3.15. The molecule has 0 amide bonds. The molecule has 0 N–H and O–H groups in total. The molecule has 64 valence electrons. The number of cyclic esters (lactones) is 2. The van der Waals surface area contributed by atoms with Crippen LogP contribution >= 0.6 is 0 Å². The molecule has 1 rings (SSSR count). The molecule has 0 aromatic heterocycles. The molecule has 5 heteroatoms. The van der Waals surface area contributed by atoms with Crippen molar-refractivity contribution in [3.8, 4) is 0 Å². The molecule has 0 spiro atoms. The number of hydrogen-bond acceptors (Lipinski definition) is 5. The Kier molecular flexibility index (Phi) is 1.95. The van der Waals surface area contributed by atoms with Gasteiger partial charge in [0.1, 0.15) is 0 Å². The maximum Gasteiger partial charge on any atom is 0.335 e. The van der Waals surface area contributed by atoms with Crippen LogP contribution < -0.4 is 0 Å². The Labute approximate surface area is 67.9 Å². The lowest BCUT2D eigenvalue weighted by Gasteiger charge is -2.18. The van der Waals surface area contributed by atoms with Crippen molar-refractivity contribution < 1.29 is 23.9 Å². The third-order valence-electron chi connectivity index (χ3n) is 1.31. The van der Waals surface area contributed by atoms with Crippen molar-refractivity contribution in [1.29, 1.82) is 0 Å². The predicted octanol–water partition coefficient (Wildman–Crippen LogP) is -0.237. The van der Waals surface area contributed by atoms with Crippen molar-refractivity contribution in [2.45, 2.75) is 6.92 Å². The number of ketones is 1. The Hall–Kier alpha value is -1.65. The molecular formula is C7H6O5. The number of carbonyl (C=O) groups excluding carboxylic acids is 3. The number of rotatable bonds is 1. The Balaban J connectivity index is 2.88. The Bertz CT molecular complexity index is 258. The minimum atomic E-state index is -1.45. The largest absolute Gasteiger partial charge is 0.392 e. The quantitative estimate of drug-likeness (QED) is 0.401. The molecule has 12 heavy (non-hydrogen) atoms. The minimum Gasteiger partial charge on any atom is -0.392 e. The second-order valence-corrected chi connectivity index (χ2v) is 2.26. The van der Waals surface area contributed by atoms with E-state index < -0.39 is 23.6 Å². The molecule has 1 heterocycles. The highest BCUT2D eigenvalue weighted by atomic mass is 16.7. The van der Waals surface area contributed by atoms with Gasteiger partial charge in [-0.1, -0.05) is 0 Å². The molecule has 0 atom stereocenters. The summed E-state index contributed by atoms with van der Waals surface area (Å²) >= 11 is 0. The van der Waals surface area contributed by atoms with Gasteiger partial charge in [-0.25, -0.2) is 0 Å². The zero-order valence-corrected chi connectivity index (χ0v) is 6.33. The molecule has 5 nitrogen and oxygen atoms in total. The standard InChI is InChI=1S/C7H6O5/c1-3(8)5-6(9)11-4(2)12-7(5)10/h5H,2H2,1H3. The normalized spacial score (nSPS) is 18.6. The summed E-state index contributed by atoms with van der Waals surface area (Å²) in [7, 11) is 0. The first kappa shape index (κ1) is 8.45. The van der Waals surface area contributed by atoms with Gasteiger partial charge in [0.2, 0.25) is 5.92 Å². The monoisotopic (exact) mass is 170 g/mol. The molecule has 0 aromatic carbocycles. The van der Waals surface area contributed by atoms with Crippen LogP contribution in [0, 0.1) is 5.92 Å². The van der Waals surface area contributed by atoms with E-state index in [0.29, 0.717) is 0 Å². The maximum absolute atomic E-state index is 10.9. The average Bonchev–Trinajstić information content (AvgIpc) is 1.82. The SMILES string of the molecule is C=C1OC(=O)C(C(C)=O)C(=O)O1. The molecule has 1 saturated heterocycles. The molecule has 1 aliphatic heterocycles. The lowest BCUT2D eigenvalue weighted by Crippen LogP contribution is -2.37. The fourth-order valence-corrected chi connectivity index (χ4v) is 0.791. The fraction of sp³-hybridized carbons (Fsp3) is 0.286. The topological polar surface area (TPSA) is 69.7 Å². The zero-order chi connectivity index (χ0) is 9.30. The van der Waals surface area contributed by atoms with Gasteiger partial charge >= 0.3 is 11.9 Å². The summed E-state index contributed by atoms with van der Waals surface area (Å²) in [6.45, 7) is 4.22. The fourth-order valence-electron chi connectivity index (χ4n) is 0.791. The first-order valence-corrected chi connectivity index (χ1v) is 3.15. The van der Waals surface area contributed by atoms with Crippen LogP contribution in [0.25, 0.3) is 0 Å². The average molecular weight is 170 g/mol. The van der Waals surface area contributed by atoms with E-state index in [4.69, 9.17) is 0 Å². The highest BCUT2D eigenvalue weighted by Gasteiger charge is 2.39. The molecule has 0 saturated carbocycles. The van der Waals surface area contributed by atoms with Crippen LogP contribution in [0.3, 0.4) is 0 Å². The van der Waals surface area contributed by atoms with E-state index in [9.17, 15) is 14.4 Å². The maximum atomic E-state index is 10.9. The van der Waals surface area contributed by atoms with E-state index in [1.54, 1.807) is 0 Å². The zero-order valence-electron chi connectivity index (χ0n) is 6.33. The number of carbonyl (C=O) groups is 3. The van der Waals surface area contributed by atoms with Crippen molar-refractivity contribution in [2.75, 3.05) is 0 Å². The van der Waals surface area contributed by atoms with E-state index in [1.165, 1.54) is 0 Å². The molecule has 0 radical (unpaired) electrons. The van der Waals surface area contributed by atoms with E-state index >= 15 is 0 Å². The summed E-state index contributed by atoms with van der Waals surface area (Å²) in [4.78, 5) is 32.4. The van der Waals surface area contributed by atoms with Gasteiger partial charge in [0.05, 0.1) is 0 Å². The van der Waals surface area contributed by atoms with E-state index in [-0.39, 0.29) is 5.95 Å². The summed E-state index contributed by atoms with van der Waals surface area (Å²) in [5.74, 6) is -4.29. The Morgan fingerprint density at radius 1 is 1.33 bits per heavy atom. The van der Waals surface area contributed by atoms with Crippen molar-refractivity contribution >= 4 is 17.7 Å². The van der Waals surface area contributed by atoms with E-state index in [2.05, 4.69) is 16.1 Å². The number of Topliss-reactive ketones (excluding diaryl/α,β-unsaturated/α-hetero) is 1. The molecule has 0 aromatic rings. The lowest BCUT2D eigenvalue weighted by atomic mass is 10.1. The van der Waals surface area contributed by atoms with Gasteiger partial charge in [-0.15, -0.1) is 0 Å². The highest BCUT2D eigenvalue weighted by Crippen LogP contribution is 2.16. The second-order valence-electron chi connectivity index (χ2n) is 2.26. The first-order chi connectivity index (χ1) is 5.52. The van der Waals surface area contributed by atoms with Crippen LogP contribution in [0.1, 0.15) is 6.92 Å². The third-order valence-corrected chi connectivity index (χ3v) is 1.31. The number of ether oxygens (including phenoxy) is 2. The van der Waals surface area contributed by atoms with Crippen molar-refractivity contribution in [1.82, 2.24) is 0 Å². The molecule has 0 unspecified atom stereocenters. The lowest BCUT2D eigenvalue weighted by molar-refractivity contribution is -0.176. The highest BCUT2D eigenvalue weighted by molar-refractivity contribution is 6.15. The van der Waals surface area contributed by atoms with Crippen LogP contribution in [-0.4, -0.2) is 17.7 Å². The van der Waals surface area contributed by atoms with Crippen molar-refractivity contribution in [2.24, 2.45) is 5.92 Å². The number of hydrogen-bond donors (Lipinski definition) is 0. The summed E-state index contributed by atoms with van der Waals surface area (Å²) in [6.07, 6.45) is 0. The second kappa shape index (κ2) is 2.77. The summed E-state index contributed by atoms with van der Waals surface area (Å²) in [5, 5.41) is 0. The van der Waals surface area contributed by atoms with Crippen molar-refractivity contribution in [3.63, 3.8) is 0 Å². The van der Waals surface area contributed by atoms with E-state index in [0.717, 1.165) is 6.92 Å². The predicted molar refractivity (Wildman–Crippen MR) is 35.5 cm³/mol. The van der Waals surface area contributed by atoms with Crippen LogP contribution in [0.2, 0.25) is 0 Å². The summed E-state index contributed by atoms with van der Waals surface area (Å²) < 4.78 is 8.67. The van der Waals surface area contributed by atoms with Gasteiger partial charge in [0, 0.05) is 0 Å². The van der Waals surface area contributed by atoms with Crippen molar-refractivity contribution in [3.05, 3.63) is 12.5 Å². The molecule has 1 fully saturated rings. The van der Waals surface area contributed by atoms with E-state index in [1.807, 2.05) is 0 Å². The Morgan fingerprint density at radius 3 is 2.08 bits per heavy atom. The van der Waals surface area contributed by atoms with Crippen LogP contribution in [0.5, 0.6) is 0 Å².